The van der Waals surface area contributed by atoms with Gasteiger partial charge in [-0.3, -0.25) is 0 Å². The van der Waals surface area contributed by atoms with Crippen LogP contribution in [-0.2, 0) is 5.11 Å². The Labute approximate surface area is 63.8 Å². The van der Waals surface area contributed by atoms with Crippen LogP contribution in [0.3, 0.4) is 0 Å². The third kappa shape index (κ3) is 5.83. The molecule has 10 heavy (non-hydrogen) atoms. The Balaban J connectivity index is 3.04. The van der Waals surface area contributed by atoms with Crippen LogP contribution in [0.15, 0.2) is 12.7 Å². The van der Waals surface area contributed by atoms with Crippen LogP contribution in [0.2, 0.25) is 0 Å². The quantitative estimate of drug-likeness (QED) is 0.400. The first-order valence-corrected chi connectivity index (χ1v) is 4.08. The van der Waals surface area contributed by atoms with Gasteiger partial charge in [-0.1, -0.05) is 32.3 Å². The lowest BCUT2D eigenvalue weighted by atomic mass is 10.1. The molecule has 1 heteroatoms. The molecule has 0 aliphatic rings. The van der Waals surface area contributed by atoms with E-state index in [0.29, 0.717) is 6.42 Å². The Bertz CT molecular complexity index is 78.8. The highest BCUT2D eigenvalue weighted by Gasteiger charge is 2.01. The lowest BCUT2D eigenvalue weighted by molar-refractivity contribution is 0.0815. The molecule has 0 saturated heterocycles. The van der Waals surface area contributed by atoms with E-state index in [1.807, 2.05) is 0 Å². The van der Waals surface area contributed by atoms with Crippen LogP contribution in [-0.4, -0.2) is 6.10 Å². The summed E-state index contributed by atoms with van der Waals surface area (Å²) in [6.07, 6.45) is 6.23. The van der Waals surface area contributed by atoms with Gasteiger partial charge in [0.15, 0.2) is 0 Å². The third-order valence-corrected chi connectivity index (χ3v) is 1.56. The predicted molar refractivity (Wildman–Crippen MR) is 43.4 cm³/mol. The Kier molecular flexibility index (Phi) is 6.61. The first kappa shape index (κ1) is 9.70. The summed E-state index contributed by atoms with van der Waals surface area (Å²) in [6, 6.07) is 0. The highest BCUT2D eigenvalue weighted by atomic mass is 16.3. The summed E-state index contributed by atoms with van der Waals surface area (Å²) in [5.41, 5.74) is 0. The molecule has 0 fully saturated rings. The SMILES string of the molecule is C=CCC([O])CCCCC. The molecule has 0 aliphatic carbocycles. The van der Waals surface area contributed by atoms with Crippen molar-refractivity contribution < 1.29 is 5.11 Å². The topological polar surface area (TPSA) is 19.9 Å². The van der Waals surface area contributed by atoms with Gasteiger partial charge in [0, 0.05) is 0 Å². The van der Waals surface area contributed by atoms with Gasteiger partial charge < -0.3 is 0 Å². The molecule has 1 nitrogen and oxygen atoms in total. The van der Waals surface area contributed by atoms with Crippen LogP contribution >= 0.6 is 0 Å². The van der Waals surface area contributed by atoms with Crippen molar-refractivity contribution in [2.75, 3.05) is 0 Å². The van der Waals surface area contributed by atoms with Crippen molar-refractivity contribution in [2.24, 2.45) is 0 Å². The standard InChI is InChI=1S/C9H17O/c1-3-5-6-8-9(10)7-4-2/h4,9H,2-3,5-8H2,1H3. The van der Waals surface area contributed by atoms with Gasteiger partial charge in [0.2, 0.25) is 0 Å². The summed E-state index contributed by atoms with van der Waals surface area (Å²) < 4.78 is 0. The van der Waals surface area contributed by atoms with Crippen molar-refractivity contribution in [1.82, 2.24) is 0 Å². The smallest absolute Gasteiger partial charge is 0.0964 e. The zero-order valence-corrected chi connectivity index (χ0v) is 6.81. The zero-order valence-electron chi connectivity index (χ0n) is 6.81. The van der Waals surface area contributed by atoms with Gasteiger partial charge in [0.25, 0.3) is 0 Å². The van der Waals surface area contributed by atoms with E-state index in [1.165, 1.54) is 12.8 Å². The van der Waals surface area contributed by atoms with Crippen LogP contribution in [0.5, 0.6) is 0 Å². The van der Waals surface area contributed by atoms with Gasteiger partial charge >= 0.3 is 0 Å². The molecule has 0 amide bonds. The minimum absolute atomic E-state index is 0.399. The average Bonchev–Trinajstić information content (AvgIpc) is 1.89. The molecule has 0 heterocycles. The monoisotopic (exact) mass is 141 g/mol. The van der Waals surface area contributed by atoms with E-state index >= 15 is 0 Å². The maximum absolute atomic E-state index is 10.9. The first-order chi connectivity index (χ1) is 4.81. The van der Waals surface area contributed by atoms with Crippen LogP contribution in [0.1, 0.15) is 39.0 Å². The van der Waals surface area contributed by atoms with Crippen LogP contribution < -0.4 is 0 Å². The van der Waals surface area contributed by atoms with E-state index < -0.39 is 6.10 Å². The van der Waals surface area contributed by atoms with E-state index in [4.69, 9.17) is 0 Å². The zero-order chi connectivity index (χ0) is 7.82. The van der Waals surface area contributed by atoms with Crippen molar-refractivity contribution in [3.63, 3.8) is 0 Å². The molecule has 0 spiro atoms. The number of hydrogen-bond acceptors (Lipinski definition) is 0. The molecule has 1 radical (unpaired) electrons. The van der Waals surface area contributed by atoms with Gasteiger partial charge in [-0.2, -0.15) is 0 Å². The Morgan fingerprint density at radius 1 is 1.50 bits per heavy atom. The molecule has 0 aromatic rings. The van der Waals surface area contributed by atoms with Crippen LogP contribution in [0, 0.1) is 0 Å². The molecule has 0 aliphatic heterocycles. The number of unbranched alkanes of at least 4 members (excludes halogenated alkanes) is 2. The summed E-state index contributed by atoms with van der Waals surface area (Å²) in [7, 11) is 0. The normalized spacial score (nSPS) is 13.0. The highest BCUT2D eigenvalue weighted by molar-refractivity contribution is 4.71. The summed E-state index contributed by atoms with van der Waals surface area (Å²) >= 11 is 0. The Morgan fingerprint density at radius 3 is 2.70 bits per heavy atom. The second-order valence-corrected chi connectivity index (χ2v) is 2.64. The van der Waals surface area contributed by atoms with Crippen molar-refractivity contribution in [2.45, 2.75) is 45.1 Å². The van der Waals surface area contributed by atoms with E-state index in [1.54, 1.807) is 6.08 Å². The molecule has 1 atom stereocenters. The van der Waals surface area contributed by atoms with Crippen molar-refractivity contribution in [1.29, 1.82) is 0 Å². The van der Waals surface area contributed by atoms with Crippen molar-refractivity contribution in [3.8, 4) is 0 Å². The fourth-order valence-corrected chi connectivity index (χ4v) is 0.926. The molecule has 59 valence electrons. The van der Waals surface area contributed by atoms with E-state index in [-0.39, 0.29) is 0 Å². The average molecular weight is 141 g/mol. The molecular weight excluding hydrogens is 124 g/mol. The molecule has 0 N–H and O–H groups in total. The van der Waals surface area contributed by atoms with Crippen LogP contribution in [0.25, 0.3) is 0 Å². The summed E-state index contributed by atoms with van der Waals surface area (Å²) in [5, 5.41) is 10.9. The lowest BCUT2D eigenvalue weighted by Crippen LogP contribution is -2.01. The highest BCUT2D eigenvalue weighted by Crippen LogP contribution is 2.06. The summed E-state index contributed by atoms with van der Waals surface area (Å²) in [4.78, 5) is 0. The summed E-state index contributed by atoms with van der Waals surface area (Å²) in [5.74, 6) is 0. The molecule has 0 aromatic heterocycles. The number of rotatable bonds is 6. The van der Waals surface area contributed by atoms with Gasteiger partial charge in [0.1, 0.15) is 0 Å². The summed E-state index contributed by atoms with van der Waals surface area (Å²) in [6.45, 7) is 5.68. The second-order valence-electron chi connectivity index (χ2n) is 2.64. The maximum atomic E-state index is 10.9. The second kappa shape index (κ2) is 6.81. The van der Waals surface area contributed by atoms with E-state index in [9.17, 15) is 5.11 Å². The fraction of sp³-hybridized carbons (Fsp3) is 0.778. The molecule has 0 aromatic carbocycles. The minimum atomic E-state index is -0.399. The molecule has 0 saturated carbocycles. The van der Waals surface area contributed by atoms with Gasteiger partial charge in [-0.15, -0.1) is 6.58 Å². The van der Waals surface area contributed by atoms with Crippen molar-refractivity contribution >= 4 is 0 Å². The minimum Gasteiger partial charge on any atom is -0.233 e. The molecular formula is C9H17O. The lowest BCUT2D eigenvalue weighted by Gasteiger charge is -2.02. The van der Waals surface area contributed by atoms with Gasteiger partial charge in [-0.05, 0) is 12.8 Å². The molecule has 1 unspecified atom stereocenters. The largest absolute Gasteiger partial charge is 0.233 e. The fourth-order valence-electron chi connectivity index (χ4n) is 0.926. The third-order valence-electron chi connectivity index (χ3n) is 1.56. The van der Waals surface area contributed by atoms with Crippen molar-refractivity contribution in [3.05, 3.63) is 12.7 Å². The van der Waals surface area contributed by atoms with Crippen LogP contribution in [0.4, 0.5) is 0 Å². The molecule has 0 rings (SSSR count). The predicted octanol–water partition coefficient (Wildman–Crippen LogP) is 2.94. The Hall–Kier alpha value is -0.300. The number of hydrogen-bond donors (Lipinski definition) is 0. The van der Waals surface area contributed by atoms with Gasteiger partial charge in [0.05, 0.1) is 6.10 Å². The maximum Gasteiger partial charge on any atom is 0.0964 e. The van der Waals surface area contributed by atoms with Gasteiger partial charge in [-0.25, -0.2) is 5.11 Å². The van der Waals surface area contributed by atoms with E-state index in [2.05, 4.69) is 13.5 Å². The Morgan fingerprint density at radius 2 is 2.20 bits per heavy atom. The molecule has 0 bridgehead atoms. The van der Waals surface area contributed by atoms with E-state index in [0.717, 1.165) is 12.8 Å². The first-order valence-electron chi connectivity index (χ1n) is 4.08.